The highest BCUT2D eigenvalue weighted by Crippen LogP contribution is 2.20. The van der Waals surface area contributed by atoms with Gasteiger partial charge in [-0.25, -0.2) is 0 Å². The van der Waals surface area contributed by atoms with E-state index in [1.54, 1.807) is 30.3 Å². The highest BCUT2D eigenvalue weighted by molar-refractivity contribution is 6.03. The number of aliphatic hydroxyl groups is 1. The van der Waals surface area contributed by atoms with E-state index in [1.807, 2.05) is 30.3 Å². The van der Waals surface area contributed by atoms with E-state index in [0.717, 1.165) is 11.1 Å². The summed E-state index contributed by atoms with van der Waals surface area (Å²) in [6, 6.07) is 18.0. The number of amides is 1. The van der Waals surface area contributed by atoms with Crippen LogP contribution in [0, 0.1) is 0 Å². The van der Waals surface area contributed by atoms with Crippen molar-refractivity contribution < 1.29 is 14.4 Å². The van der Waals surface area contributed by atoms with Crippen molar-refractivity contribution in [3.63, 3.8) is 0 Å². The van der Waals surface area contributed by atoms with Crippen molar-refractivity contribution in [3.8, 4) is 11.3 Å². The molecule has 0 saturated heterocycles. The number of carbonyl (C=O) groups is 1. The van der Waals surface area contributed by atoms with E-state index >= 15 is 0 Å². The zero-order valence-corrected chi connectivity index (χ0v) is 11.7. The van der Waals surface area contributed by atoms with Gasteiger partial charge in [-0.1, -0.05) is 47.6 Å². The Morgan fingerprint density at radius 2 is 1.91 bits per heavy atom. The van der Waals surface area contributed by atoms with Crippen LogP contribution in [0.1, 0.15) is 16.1 Å². The monoisotopic (exact) mass is 294 g/mol. The zero-order valence-electron chi connectivity index (χ0n) is 11.7. The summed E-state index contributed by atoms with van der Waals surface area (Å²) in [4.78, 5) is 12.2. The maximum Gasteiger partial charge on any atom is 0.277 e. The Bertz CT molecular complexity index is 781. The number of nitrogens with zero attached hydrogens (tertiary/aromatic N) is 1. The first-order valence-electron chi connectivity index (χ1n) is 6.79. The van der Waals surface area contributed by atoms with Crippen LogP contribution >= 0.6 is 0 Å². The average molecular weight is 294 g/mol. The van der Waals surface area contributed by atoms with Gasteiger partial charge < -0.3 is 14.9 Å². The summed E-state index contributed by atoms with van der Waals surface area (Å²) >= 11 is 0. The smallest absolute Gasteiger partial charge is 0.277 e. The Hall–Kier alpha value is -2.92. The molecule has 0 atom stereocenters. The van der Waals surface area contributed by atoms with Gasteiger partial charge in [0.15, 0.2) is 11.5 Å². The van der Waals surface area contributed by atoms with Crippen molar-refractivity contribution in [3.05, 3.63) is 71.9 Å². The fourth-order valence-corrected chi connectivity index (χ4v) is 2.06. The van der Waals surface area contributed by atoms with Crippen molar-refractivity contribution in [2.24, 2.45) is 0 Å². The van der Waals surface area contributed by atoms with Crippen LogP contribution in [0.4, 0.5) is 5.69 Å². The molecule has 1 amide bonds. The quantitative estimate of drug-likeness (QED) is 0.775. The van der Waals surface area contributed by atoms with Crippen molar-refractivity contribution >= 4 is 11.6 Å². The Kier molecular flexibility index (Phi) is 3.98. The first-order chi connectivity index (χ1) is 10.8. The number of anilines is 1. The lowest BCUT2D eigenvalue weighted by Crippen LogP contribution is -2.12. The van der Waals surface area contributed by atoms with Crippen LogP contribution in [0.5, 0.6) is 0 Å². The second kappa shape index (κ2) is 6.24. The van der Waals surface area contributed by atoms with Crippen LogP contribution < -0.4 is 5.32 Å². The molecule has 5 nitrogen and oxygen atoms in total. The molecule has 2 aromatic carbocycles. The Morgan fingerprint density at radius 3 is 2.68 bits per heavy atom. The number of hydrogen-bond donors (Lipinski definition) is 2. The minimum Gasteiger partial charge on any atom is -0.392 e. The van der Waals surface area contributed by atoms with Gasteiger partial charge in [0.25, 0.3) is 5.91 Å². The largest absolute Gasteiger partial charge is 0.392 e. The van der Waals surface area contributed by atoms with E-state index in [9.17, 15) is 4.79 Å². The molecule has 2 N–H and O–H groups in total. The molecule has 1 aromatic heterocycles. The standard InChI is InChI=1S/C17H14N2O3/c20-11-12-5-4-8-14(9-12)18-17(21)15-10-16(22-19-15)13-6-2-1-3-7-13/h1-10,20H,11H2,(H,18,21). The second-order valence-electron chi connectivity index (χ2n) is 4.76. The number of hydrogen-bond acceptors (Lipinski definition) is 4. The molecule has 110 valence electrons. The molecule has 1 heterocycles. The Balaban J connectivity index is 1.77. The lowest BCUT2D eigenvalue weighted by atomic mass is 10.1. The van der Waals surface area contributed by atoms with E-state index in [4.69, 9.17) is 9.63 Å². The van der Waals surface area contributed by atoms with Gasteiger partial charge in [-0.3, -0.25) is 4.79 Å². The molecular formula is C17H14N2O3. The molecule has 0 aliphatic heterocycles. The summed E-state index contributed by atoms with van der Waals surface area (Å²) in [7, 11) is 0. The molecule has 3 aromatic rings. The molecule has 22 heavy (non-hydrogen) atoms. The van der Waals surface area contributed by atoms with Gasteiger partial charge in [-0.2, -0.15) is 0 Å². The highest BCUT2D eigenvalue weighted by Gasteiger charge is 2.13. The summed E-state index contributed by atoms with van der Waals surface area (Å²) in [5, 5.41) is 15.6. The second-order valence-corrected chi connectivity index (χ2v) is 4.76. The van der Waals surface area contributed by atoms with Crippen molar-refractivity contribution in [1.82, 2.24) is 5.16 Å². The molecular weight excluding hydrogens is 280 g/mol. The number of nitrogens with one attached hydrogen (secondary N) is 1. The third-order valence-electron chi connectivity index (χ3n) is 3.17. The Labute approximate surface area is 127 Å². The van der Waals surface area contributed by atoms with Crippen molar-refractivity contribution in [2.75, 3.05) is 5.32 Å². The van der Waals surface area contributed by atoms with Gasteiger partial charge in [0.1, 0.15) is 0 Å². The zero-order chi connectivity index (χ0) is 15.4. The van der Waals surface area contributed by atoms with Gasteiger partial charge in [0.2, 0.25) is 0 Å². The van der Waals surface area contributed by atoms with Crippen LogP contribution in [0.3, 0.4) is 0 Å². The highest BCUT2D eigenvalue weighted by atomic mass is 16.5. The van der Waals surface area contributed by atoms with Gasteiger partial charge in [0.05, 0.1) is 6.61 Å². The van der Waals surface area contributed by atoms with Crippen molar-refractivity contribution in [2.45, 2.75) is 6.61 Å². The molecule has 5 heteroatoms. The number of aromatic nitrogens is 1. The lowest BCUT2D eigenvalue weighted by Gasteiger charge is -2.04. The van der Waals surface area contributed by atoms with E-state index < -0.39 is 0 Å². The first kappa shape index (κ1) is 14.0. The van der Waals surface area contributed by atoms with Crippen LogP contribution in [0.15, 0.2) is 65.2 Å². The summed E-state index contributed by atoms with van der Waals surface area (Å²) in [6.45, 7) is -0.0776. The molecule has 0 bridgehead atoms. The van der Waals surface area contributed by atoms with Crippen LogP contribution in [0.25, 0.3) is 11.3 Å². The number of aliphatic hydroxyl groups excluding tert-OH is 1. The molecule has 0 aliphatic rings. The minimum atomic E-state index is -0.360. The molecule has 0 aliphatic carbocycles. The molecule has 0 fully saturated rings. The lowest BCUT2D eigenvalue weighted by molar-refractivity contribution is 0.101. The predicted molar refractivity (Wildman–Crippen MR) is 82.3 cm³/mol. The molecule has 3 rings (SSSR count). The van der Waals surface area contributed by atoms with E-state index in [2.05, 4.69) is 10.5 Å². The first-order valence-corrected chi connectivity index (χ1v) is 6.79. The number of carbonyl (C=O) groups excluding carboxylic acids is 1. The van der Waals surface area contributed by atoms with Crippen molar-refractivity contribution in [1.29, 1.82) is 0 Å². The van der Waals surface area contributed by atoms with Gasteiger partial charge in [0, 0.05) is 17.3 Å². The summed E-state index contributed by atoms with van der Waals surface area (Å²) < 4.78 is 5.20. The predicted octanol–water partition coefficient (Wildman–Crippen LogP) is 3.09. The maximum absolute atomic E-state index is 12.2. The summed E-state index contributed by atoms with van der Waals surface area (Å²) in [5.41, 5.74) is 2.38. The molecule has 0 unspecified atom stereocenters. The SMILES string of the molecule is O=C(Nc1cccc(CO)c1)c1cc(-c2ccccc2)on1. The van der Waals surface area contributed by atoms with E-state index in [1.165, 1.54) is 0 Å². The number of rotatable bonds is 4. The molecule has 0 saturated carbocycles. The van der Waals surface area contributed by atoms with Crippen LogP contribution in [-0.4, -0.2) is 16.2 Å². The number of benzene rings is 2. The maximum atomic E-state index is 12.2. The Morgan fingerprint density at radius 1 is 1.09 bits per heavy atom. The van der Waals surface area contributed by atoms with Gasteiger partial charge in [-0.15, -0.1) is 0 Å². The fraction of sp³-hybridized carbons (Fsp3) is 0.0588. The average Bonchev–Trinajstić information content (AvgIpc) is 3.06. The van der Waals surface area contributed by atoms with Crippen LogP contribution in [-0.2, 0) is 6.61 Å². The van der Waals surface area contributed by atoms with E-state index in [-0.39, 0.29) is 18.2 Å². The van der Waals surface area contributed by atoms with E-state index in [0.29, 0.717) is 11.4 Å². The van der Waals surface area contributed by atoms with Gasteiger partial charge in [-0.05, 0) is 17.7 Å². The molecule has 0 spiro atoms. The van der Waals surface area contributed by atoms with Gasteiger partial charge >= 0.3 is 0 Å². The summed E-state index contributed by atoms with van der Waals surface area (Å²) in [5.74, 6) is 0.177. The summed E-state index contributed by atoms with van der Waals surface area (Å²) in [6.07, 6.45) is 0. The minimum absolute atomic E-state index is 0.0776. The third-order valence-corrected chi connectivity index (χ3v) is 3.17. The topological polar surface area (TPSA) is 75.4 Å². The molecule has 0 radical (unpaired) electrons. The third kappa shape index (κ3) is 3.05. The fourth-order valence-electron chi connectivity index (χ4n) is 2.06. The van der Waals surface area contributed by atoms with Crippen LogP contribution in [0.2, 0.25) is 0 Å². The normalized spacial score (nSPS) is 10.4.